The van der Waals surface area contributed by atoms with Gasteiger partial charge in [0.1, 0.15) is 5.25 Å². The molecule has 0 aliphatic carbocycles. The summed E-state index contributed by atoms with van der Waals surface area (Å²) in [7, 11) is 3.97. The number of anilines is 1. The van der Waals surface area contributed by atoms with E-state index in [9.17, 15) is 13.6 Å². The Kier molecular flexibility index (Phi) is 9.47. The summed E-state index contributed by atoms with van der Waals surface area (Å²) in [6.45, 7) is 8.83. The minimum Gasteiger partial charge on any atom is -0.771 e. The first-order valence-electron chi connectivity index (χ1n) is 12.0. The number of hydrogen-bond acceptors (Lipinski definition) is 4. The third kappa shape index (κ3) is 6.83. The molecular formula is C29H34ClN2O3S-. The molecule has 5 nitrogen and oxygen atoms in total. The largest absolute Gasteiger partial charge is 0.771 e. The van der Waals surface area contributed by atoms with Crippen molar-refractivity contribution in [2.45, 2.75) is 51.3 Å². The van der Waals surface area contributed by atoms with Gasteiger partial charge in [0.2, 0.25) is 5.91 Å². The van der Waals surface area contributed by atoms with Gasteiger partial charge >= 0.3 is 0 Å². The molecule has 7 heteroatoms. The van der Waals surface area contributed by atoms with Crippen molar-refractivity contribution in [3.8, 4) is 11.1 Å². The topological polar surface area (TPSA) is 72.5 Å². The number of benzene rings is 3. The maximum absolute atomic E-state index is 13.4. The van der Waals surface area contributed by atoms with Gasteiger partial charge in [-0.1, -0.05) is 75.7 Å². The fourth-order valence-electron chi connectivity index (χ4n) is 4.35. The summed E-state index contributed by atoms with van der Waals surface area (Å²) in [6, 6.07) is 19.0. The van der Waals surface area contributed by atoms with Crippen LogP contribution in [0.1, 0.15) is 67.0 Å². The van der Waals surface area contributed by atoms with E-state index in [0.717, 1.165) is 34.4 Å². The quantitative estimate of drug-likeness (QED) is 0.309. The molecule has 3 aromatic rings. The average molecular weight is 526 g/mol. The van der Waals surface area contributed by atoms with Crippen molar-refractivity contribution in [3.05, 3.63) is 87.9 Å². The first kappa shape index (κ1) is 28.1. The lowest BCUT2D eigenvalue weighted by Gasteiger charge is -2.28. The molecule has 36 heavy (non-hydrogen) atoms. The van der Waals surface area contributed by atoms with E-state index in [1.165, 1.54) is 0 Å². The van der Waals surface area contributed by atoms with E-state index in [1.807, 2.05) is 90.3 Å². The van der Waals surface area contributed by atoms with Gasteiger partial charge in [0, 0.05) is 17.3 Å². The fraction of sp³-hybridized carbons (Fsp3) is 0.345. The maximum atomic E-state index is 13.4. The van der Waals surface area contributed by atoms with Crippen LogP contribution in [0.3, 0.4) is 0 Å². The van der Waals surface area contributed by atoms with Crippen molar-refractivity contribution in [3.63, 3.8) is 0 Å². The molecule has 192 valence electrons. The Morgan fingerprint density at radius 2 is 1.44 bits per heavy atom. The summed E-state index contributed by atoms with van der Waals surface area (Å²) in [5.41, 5.74) is 5.87. The first-order valence-corrected chi connectivity index (χ1v) is 13.6. The van der Waals surface area contributed by atoms with Gasteiger partial charge < -0.3 is 14.8 Å². The number of amides is 1. The van der Waals surface area contributed by atoms with Gasteiger partial charge in [0.15, 0.2) is 0 Å². The molecule has 0 aromatic heterocycles. The van der Waals surface area contributed by atoms with Crippen LogP contribution in [0.4, 0.5) is 5.69 Å². The maximum Gasteiger partial charge on any atom is 0.243 e. The monoisotopic (exact) mass is 525 g/mol. The molecule has 0 saturated carbocycles. The number of nitrogens with one attached hydrogen (secondary N) is 1. The number of nitrogens with zero attached hydrogens (tertiary/aromatic N) is 1. The Hall–Kier alpha value is -2.51. The summed E-state index contributed by atoms with van der Waals surface area (Å²) in [6.07, 6.45) is 0. The normalized spacial score (nSPS) is 13.3. The highest BCUT2D eigenvalue weighted by Crippen LogP contribution is 2.39. The smallest absolute Gasteiger partial charge is 0.243 e. The summed E-state index contributed by atoms with van der Waals surface area (Å²) in [5.74, 6) is -0.547. The molecule has 2 unspecified atom stereocenters. The van der Waals surface area contributed by atoms with Gasteiger partial charge in [-0.15, -0.1) is 0 Å². The highest BCUT2D eigenvalue weighted by molar-refractivity contribution is 7.80. The SMILES string of the molecule is CC(C)c1cc(-c2ccc(Cl)cc2)cc(C(C)C)c1C(C(=O)Nc1ccc(CN(C)C)cc1)S(=O)[O-]. The molecule has 0 spiro atoms. The zero-order valence-corrected chi connectivity index (χ0v) is 23.2. The molecule has 1 amide bonds. The van der Waals surface area contributed by atoms with E-state index < -0.39 is 22.2 Å². The number of halogens is 1. The van der Waals surface area contributed by atoms with Crippen LogP contribution in [0.25, 0.3) is 11.1 Å². The molecule has 0 aliphatic heterocycles. The third-order valence-corrected chi connectivity index (χ3v) is 7.17. The molecule has 2 atom stereocenters. The van der Waals surface area contributed by atoms with Crippen LogP contribution in [0.5, 0.6) is 0 Å². The van der Waals surface area contributed by atoms with E-state index in [0.29, 0.717) is 16.3 Å². The average Bonchev–Trinajstić information content (AvgIpc) is 2.80. The molecule has 0 heterocycles. The van der Waals surface area contributed by atoms with E-state index in [2.05, 4.69) is 10.2 Å². The Morgan fingerprint density at radius 1 is 0.917 bits per heavy atom. The van der Waals surface area contributed by atoms with Crippen molar-refractivity contribution in [1.29, 1.82) is 0 Å². The second kappa shape index (κ2) is 12.2. The second-order valence-corrected chi connectivity index (χ2v) is 11.4. The van der Waals surface area contributed by atoms with Crippen LogP contribution in [0.2, 0.25) is 5.02 Å². The predicted molar refractivity (Wildman–Crippen MR) is 149 cm³/mol. The van der Waals surface area contributed by atoms with E-state index in [1.54, 1.807) is 12.1 Å². The summed E-state index contributed by atoms with van der Waals surface area (Å²) in [5, 5.41) is 2.14. The minimum absolute atomic E-state index is 0.00826. The van der Waals surface area contributed by atoms with Crippen LogP contribution in [0.15, 0.2) is 60.7 Å². The highest BCUT2D eigenvalue weighted by atomic mass is 35.5. The second-order valence-electron chi connectivity index (χ2n) is 9.95. The van der Waals surface area contributed by atoms with Crippen molar-refractivity contribution < 1.29 is 13.6 Å². The Labute approximate surface area is 222 Å². The van der Waals surface area contributed by atoms with Gasteiger partial charge in [-0.3, -0.25) is 9.00 Å². The van der Waals surface area contributed by atoms with Crippen molar-refractivity contribution in [2.75, 3.05) is 19.4 Å². The summed E-state index contributed by atoms with van der Waals surface area (Å²) in [4.78, 5) is 15.5. The van der Waals surface area contributed by atoms with E-state index in [4.69, 9.17) is 11.6 Å². The minimum atomic E-state index is -2.66. The summed E-state index contributed by atoms with van der Waals surface area (Å²) < 4.78 is 25.1. The van der Waals surface area contributed by atoms with Crippen LogP contribution < -0.4 is 5.32 Å². The molecule has 0 bridgehead atoms. The first-order chi connectivity index (χ1) is 17.0. The van der Waals surface area contributed by atoms with E-state index in [-0.39, 0.29) is 11.8 Å². The van der Waals surface area contributed by atoms with Gasteiger partial charge in [-0.2, -0.15) is 0 Å². The Balaban J connectivity index is 2.07. The van der Waals surface area contributed by atoms with E-state index >= 15 is 0 Å². The number of carbonyl (C=O) groups excluding carboxylic acids is 1. The molecule has 0 saturated heterocycles. The lowest BCUT2D eigenvalue weighted by Crippen LogP contribution is -2.27. The van der Waals surface area contributed by atoms with Gasteiger partial charge in [0.25, 0.3) is 0 Å². The molecule has 1 N–H and O–H groups in total. The van der Waals surface area contributed by atoms with Crippen LogP contribution in [-0.2, 0) is 22.4 Å². The third-order valence-electron chi connectivity index (χ3n) is 6.08. The van der Waals surface area contributed by atoms with Crippen LogP contribution in [0, 0.1) is 0 Å². The molecular weight excluding hydrogens is 492 g/mol. The van der Waals surface area contributed by atoms with Crippen LogP contribution >= 0.6 is 11.6 Å². The molecule has 3 aromatic carbocycles. The Morgan fingerprint density at radius 3 is 1.89 bits per heavy atom. The van der Waals surface area contributed by atoms with Gasteiger partial charge in [0.05, 0.1) is 0 Å². The predicted octanol–water partition coefficient (Wildman–Crippen LogP) is 6.87. The van der Waals surface area contributed by atoms with Crippen LogP contribution in [-0.4, -0.2) is 33.7 Å². The molecule has 0 aliphatic rings. The standard InChI is InChI=1S/C29H35ClN2O3S/c1-18(2)25-15-22(21-9-11-23(30)12-10-21)16-26(19(3)4)27(25)28(36(34)35)29(33)31-24-13-7-20(8-14-24)17-32(5)6/h7-16,18-19,28H,17H2,1-6H3,(H,31,33)(H,34,35)/p-1. The zero-order valence-electron chi connectivity index (χ0n) is 21.7. The van der Waals surface area contributed by atoms with Crippen molar-refractivity contribution >= 4 is 34.3 Å². The molecule has 3 rings (SSSR count). The highest BCUT2D eigenvalue weighted by Gasteiger charge is 2.30. The van der Waals surface area contributed by atoms with Gasteiger partial charge in [-0.05, 0) is 94.7 Å². The number of carbonyl (C=O) groups is 1. The lowest BCUT2D eigenvalue weighted by atomic mass is 9.83. The molecule has 0 fully saturated rings. The van der Waals surface area contributed by atoms with Gasteiger partial charge in [-0.25, -0.2) is 0 Å². The fourth-order valence-corrected chi connectivity index (χ4v) is 5.17. The zero-order chi connectivity index (χ0) is 26.6. The van der Waals surface area contributed by atoms with Crippen molar-refractivity contribution in [1.82, 2.24) is 4.90 Å². The number of rotatable bonds is 9. The number of hydrogen-bond donors (Lipinski definition) is 1. The Bertz CT molecular complexity index is 1190. The molecule has 0 radical (unpaired) electrons. The summed E-state index contributed by atoms with van der Waals surface area (Å²) >= 11 is 3.42. The van der Waals surface area contributed by atoms with Crippen molar-refractivity contribution in [2.24, 2.45) is 0 Å². The lowest BCUT2D eigenvalue weighted by molar-refractivity contribution is -0.116.